The van der Waals surface area contributed by atoms with Gasteiger partial charge in [0.25, 0.3) is 0 Å². The monoisotopic (exact) mass is 260 g/mol. The van der Waals surface area contributed by atoms with Gasteiger partial charge in [0.05, 0.1) is 19.9 Å². The van der Waals surface area contributed by atoms with Gasteiger partial charge in [0.15, 0.2) is 23.0 Å². The van der Waals surface area contributed by atoms with Crippen LogP contribution < -0.4 is 9.47 Å². The lowest BCUT2D eigenvalue weighted by atomic mass is 10.2. The van der Waals surface area contributed by atoms with Gasteiger partial charge in [-0.05, 0) is 12.1 Å². The van der Waals surface area contributed by atoms with E-state index in [1.165, 1.54) is 7.11 Å². The third-order valence-electron chi connectivity index (χ3n) is 2.96. The van der Waals surface area contributed by atoms with Crippen molar-refractivity contribution in [3.05, 3.63) is 35.9 Å². The molecule has 2 heterocycles. The Balaban J connectivity index is 2.14. The van der Waals surface area contributed by atoms with Crippen LogP contribution in [0.5, 0.6) is 11.5 Å². The van der Waals surface area contributed by atoms with Crippen LogP contribution >= 0.6 is 0 Å². The van der Waals surface area contributed by atoms with Crippen LogP contribution in [0.15, 0.2) is 24.4 Å². The molecular formula is C13H12N2O4. The molecule has 0 bridgehead atoms. The van der Waals surface area contributed by atoms with Gasteiger partial charge in [-0.15, -0.1) is 0 Å². The minimum Gasteiger partial charge on any atom is -0.493 e. The summed E-state index contributed by atoms with van der Waals surface area (Å²) in [6.45, 7) is 0.282. The molecule has 3 rings (SSSR count). The van der Waals surface area contributed by atoms with Crippen LogP contribution in [0.25, 0.3) is 5.69 Å². The molecule has 0 amide bonds. The van der Waals surface area contributed by atoms with E-state index < -0.39 is 5.97 Å². The fourth-order valence-corrected chi connectivity index (χ4v) is 2.07. The minimum atomic E-state index is -0.466. The molecule has 0 fully saturated rings. The van der Waals surface area contributed by atoms with Gasteiger partial charge in [-0.25, -0.2) is 9.78 Å². The molecule has 0 spiro atoms. The Morgan fingerprint density at radius 2 is 2.26 bits per heavy atom. The van der Waals surface area contributed by atoms with Gasteiger partial charge in [-0.2, -0.15) is 0 Å². The Bertz CT molecular complexity index is 648. The van der Waals surface area contributed by atoms with E-state index in [0.29, 0.717) is 17.3 Å². The summed E-state index contributed by atoms with van der Waals surface area (Å²) in [5, 5.41) is 0. The van der Waals surface area contributed by atoms with Gasteiger partial charge >= 0.3 is 5.97 Å². The van der Waals surface area contributed by atoms with Crippen LogP contribution in [0.2, 0.25) is 0 Å². The summed E-state index contributed by atoms with van der Waals surface area (Å²) >= 11 is 0. The summed E-state index contributed by atoms with van der Waals surface area (Å²) in [5.41, 5.74) is 1.06. The zero-order valence-corrected chi connectivity index (χ0v) is 10.5. The van der Waals surface area contributed by atoms with Crippen molar-refractivity contribution in [2.75, 3.05) is 14.2 Å². The first-order valence-electron chi connectivity index (χ1n) is 5.71. The van der Waals surface area contributed by atoms with Crippen LogP contribution in [-0.2, 0) is 11.3 Å². The van der Waals surface area contributed by atoms with E-state index in [9.17, 15) is 4.79 Å². The minimum absolute atomic E-state index is 0.261. The molecule has 1 aliphatic rings. The van der Waals surface area contributed by atoms with Crippen molar-refractivity contribution in [2.24, 2.45) is 0 Å². The largest absolute Gasteiger partial charge is 0.493 e. The first-order valence-corrected chi connectivity index (χ1v) is 5.71. The summed E-state index contributed by atoms with van der Waals surface area (Å²) in [6, 6.07) is 5.55. The number of esters is 1. The number of aromatic nitrogens is 2. The number of hydrogen-bond donors (Lipinski definition) is 0. The summed E-state index contributed by atoms with van der Waals surface area (Å²) in [7, 11) is 2.91. The Hall–Kier alpha value is -2.50. The molecule has 0 unspecified atom stereocenters. The molecule has 6 heteroatoms. The van der Waals surface area contributed by atoms with E-state index in [-0.39, 0.29) is 12.3 Å². The molecule has 0 saturated heterocycles. The second-order valence-electron chi connectivity index (χ2n) is 4.00. The van der Waals surface area contributed by atoms with Gasteiger partial charge in [0, 0.05) is 6.20 Å². The van der Waals surface area contributed by atoms with E-state index in [2.05, 4.69) is 9.72 Å². The number of hydrogen-bond acceptors (Lipinski definition) is 5. The van der Waals surface area contributed by atoms with Gasteiger partial charge in [0.1, 0.15) is 6.61 Å². The molecule has 1 aromatic carbocycles. The van der Waals surface area contributed by atoms with Crippen LogP contribution in [0.1, 0.15) is 16.3 Å². The van der Waals surface area contributed by atoms with Crippen LogP contribution in [0, 0.1) is 0 Å². The molecule has 0 saturated carbocycles. The van der Waals surface area contributed by atoms with Gasteiger partial charge in [0.2, 0.25) is 0 Å². The second-order valence-corrected chi connectivity index (χ2v) is 4.00. The zero-order valence-electron chi connectivity index (χ0n) is 10.5. The number of benzene rings is 1. The summed E-state index contributed by atoms with van der Waals surface area (Å²) < 4.78 is 17.4. The van der Waals surface area contributed by atoms with Crippen molar-refractivity contribution in [3.63, 3.8) is 0 Å². The van der Waals surface area contributed by atoms with Gasteiger partial charge < -0.3 is 14.2 Å². The Kier molecular flexibility index (Phi) is 2.63. The first kappa shape index (κ1) is 11.6. The highest BCUT2D eigenvalue weighted by Crippen LogP contribution is 2.37. The maximum Gasteiger partial charge on any atom is 0.358 e. The molecular weight excluding hydrogens is 248 g/mol. The number of ether oxygens (including phenoxy) is 3. The first-order chi connectivity index (χ1) is 9.24. The molecule has 98 valence electrons. The highest BCUT2D eigenvalue weighted by Gasteiger charge is 2.24. The Labute approximate surface area is 109 Å². The molecule has 0 N–H and O–H groups in total. The van der Waals surface area contributed by atoms with Crippen molar-refractivity contribution < 1.29 is 19.0 Å². The lowest BCUT2D eigenvalue weighted by Gasteiger charge is -2.20. The van der Waals surface area contributed by atoms with E-state index in [1.54, 1.807) is 13.3 Å². The average Bonchev–Trinajstić information content (AvgIpc) is 2.90. The number of fused-ring (bicyclic) bond motifs is 3. The van der Waals surface area contributed by atoms with Crippen molar-refractivity contribution >= 4 is 5.97 Å². The van der Waals surface area contributed by atoms with Crippen LogP contribution in [-0.4, -0.2) is 29.7 Å². The third kappa shape index (κ3) is 1.72. The molecule has 19 heavy (non-hydrogen) atoms. The molecule has 2 aromatic rings. The van der Waals surface area contributed by atoms with Gasteiger partial charge in [-0.1, -0.05) is 6.07 Å². The van der Waals surface area contributed by atoms with Crippen molar-refractivity contribution in [2.45, 2.75) is 6.61 Å². The number of carbonyl (C=O) groups is 1. The predicted octanol–water partition coefficient (Wildman–Crippen LogP) is 1.56. The van der Waals surface area contributed by atoms with E-state index in [1.807, 2.05) is 22.8 Å². The normalized spacial score (nSPS) is 12.1. The second kappa shape index (κ2) is 4.31. The number of imidazole rings is 1. The fraction of sp³-hybridized carbons (Fsp3) is 0.231. The highest BCUT2D eigenvalue weighted by molar-refractivity contribution is 5.87. The van der Waals surface area contributed by atoms with E-state index in [4.69, 9.17) is 9.47 Å². The van der Waals surface area contributed by atoms with E-state index >= 15 is 0 Å². The molecule has 1 aromatic heterocycles. The number of rotatable bonds is 2. The zero-order chi connectivity index (χ0) is 13.4. The maximum absolute atomic E-state index is 11.5. The van der Waals surface area contributed by atoms with Crippen molar-refractivity contribution in [1.29, 1.82) is 0 Å². The topological polar surface area (TPSA) is 62.6 Å². The summed E-state index contributed by atoms with van der Waals surface area (Å²) in [5.74, 6) is 1.48. The van der Waals surface area contributed by atoms with Crippen LogP contribution in [0.4, 0.5) is 0 Å². The average molecular weight is 260 g/mol. The molecule has 1 aliphatic heterocycles. The predicted molar refractivity (Wildman–Crippen MR) is 65.8 cm³/mol. The number of methoxy groups -OCH3 is 2. The highest BCUT2D eigenvalue weighted by atomic mass is 16.5. The lowest BCUT2D eigenvalue weighted by molar-refractivity contribution is 0.0594. The third-order valence-corrected chi connectivity index (χ3v) is 2.96. The SMILES string of the molecule is COC(=O)c1cn2c(n1)COc1c(OC)cccc1-2. The standard InChI is InChI=1S/C13H12N2O4/c1-17-10-5-3-4-9-12(10)19-7-11-14-8(6-15(9)11)13(16)18-2/h3-6H,7H2,1-2H3. The summed E-state index contributed by atoms with van der Waals surface area (Å²) in [6.07, 6.45) is 1.64. The maximum atomic E-state index is 11.5. The number of carbonyl (C=O) groups excluding carboxylic acids is 1. The molecule has 0 atom stereocenters. The smallest absolute Gasteiger partial charge is 0.358 e. The van der Waals surface area contributed by atoms with Gasteiger partial charge in [-0.3, -0.25) is 4.57 Å². The summed E-state index contributed by atoms with van der Waals surface area (Å²) in [4.78, 5) is 15.7. The fourth-order valence-electron chi connectivity index (χ4n) is 2.07. The molecule has 0 radical (unpaired) electrons. The molecule has 6 nitrogen and oxygen atoms in total. The lowest BCUT2D eigenvalue weighted by Crippen LogP contribution is -2.13. The number of nitrogens with zero attached hydrogens (tertiary/aromatic N) is 2. The number of para-hydroxylation sites is 1. The molecule has 0 aliphatic carbocycles. The van der Waals surface area contributed by atoms with Crippen molar-refractivity contribution in [3.8, 4) is 17.2 Å². The van der Waals surface area contributed by atoms with Crippen LogP contribution in [0.3, 0.4) is 0 Å². The van der Waals surface area contributed by atoms with Crippen molar-refractivity contribution in [1.82, 2.24) is 9.55 Å². The Morgan fingerprint density at radius 3 is 3.00 bits per heavy atom. The Morgan fingerprint density at radius 1 is 1.42 bits per heavy atom. The van der Waals surface area contributed by atoms with E-state index in [0.717, 1.165) is 5.69 Å². The quantitative estimate of drug-likeness (QED) is 0.767.